The van der Waals surface area contributed by atoms with Crippen molar-refractivity contribution in [1.82, 2.24) is 0 Å². The minimum atomic E-state index is -1.12. The average molecular weight is 419 g/mol. The Morgan fingerprint density at radius 3 is 2.73 bits per heavy atom. The van der Waals surface area contributed by atoms with Crippen molar-refractivity contribution >= 4 is 0 Å². The topological polar surface area (TPSA) is 40.5 Å². The van der Waals surface area contributed by atoms with Crippen LogP contribution in [0.3, 0.4) is 0 Å². The molecule has 0 heterocycles. The van der Waals surface area contributed by atoms with Gasteiger partial charge in [0.25, 0.3) is 0 Å². The number of fused-ring (bicyclic) bond motifs is 1. The van der Waals surface area contributed by atoms with Gasteiger partial charge in [-0.05, 0) is 93.1 Å². The van der Waals surface area contributed by atoms with E-state index in [1.807, 2.05) is 13.8 Å². The molecule has 0 bridgehead atoms. The van der Waals surface area contributed by atoms with E-state index < -0.39 is 17.9 Å². The maximum atomic E-state index is 14.1. The number of rotatable bonds is 6. The fourth-order valence-electron chi connectivity index (χ4n) is 6.71. The second kappa shape index (κ2) is 9.28. The molecule has 170 valence electrons. The lowest BCUT2D eigenvalue weighted by Gasteiger charge is -2.44. The van der Waals surface area contributed by atoms with E-state index >= 15 is 0 Å². The van der Waals surface area contributed by atoms with Crippen LogP contribution >= 0.6 is 0 Å². The van der Waals surface area contributed by atoms with E-state index in [1.54, 1.807) is 0 Å². The van der Waals surface area contributed by atoms with Gasteiger partial charge in [0.05, 0.1) is 11.7 Å². The molecule has 30 heavy (non-hydrogen) atoms. The molecule has 3 saturated carbocycles. The lowest BCUT2D eigenvalue weighted by atomic mass is 9.60. The summed E-state index contributed by atoms with van der Waals surface area (Å²) >= 11 is 0. The summed E-state index contributed by atoms with van der Waals surface area (Å²) in [5, 5.41) is 20.0. The third-order valence-corrected chi connectivity index (χ3v) is 8.40. The van der Waals surface area contributed by atoms with Crippen LogP contribution in [-0.2, 0) is 0 Å². The highest BCUT2D eigenvalue weighted by atomic mass is 19.1. The summed E-state index contributed by atoms with van der Waals surface area (Å²) < 4.78 is 14.1. The normalized spacial score (nSPS) is 38.8. The first-order valence-corrected chi connectivity index (χ1v) is 12.1. The SMILES string of the molecule is C=C1/C(=C\C=C2CCC[C@@]3(C)C2CC[C@@H]3[C@H](C)CCCC(C)(C)O)C[C@@H](O)CC1F. The number of alkyl halides is 1. The van der Waals surface area contributed by atoms with Crippen molar-refractivity contribution in [2.45, 2.75) is 110 Å². The first-order valence-electron chi connectivity index (χ1n) is 12.1. The highest BCUT2D eigenvalue weighted by Crippen LogP contribution is 2.60. The molecule has 2 unspecified atom stereocenters. The van der Waals surface area contributed by atoms with Crippen LogP contribution in [0, 0.1) is 23.2 Å². The Hall–Kier alpha value is -0.930. The molecular formula is C27H43FO2. The molecule has 0 aromatic heterocycles. The summed E-state index contributed by atoms with van der Waals surface area (Å²) in [5.74, 6) is 2.04. The maximum absolute atomic E-state index is 14.1. The quantitative estimate of drug-likeness (QED) is 0.505. The molecule has 0 aliphatic heterocycles. The van der Waals surface area contributed by atoms with Gasteiger partial charge >= 0.3 is 0 Å². The Morgan fingerprint density at radius 1 is 1.30 bits per heavy atom. The molecule has 3 aliphatic carbocycles. The third kappa shape index (κ3) is 5.27. The molecule has 3 fully saturated rings. The van der Waals surface area contributed by atoms with Gasteiger partial charge in [0.1, 0.15) is 6.17 Å². The lowest BCUT2D eigenvalue weighted by Crippen LogP contribution is -2.36. The highest BCUT2D eigenvalue weighted by Gasteiger charge is 2.50. The molecule has 0 saturated heterocycles. The third-order valence-electron chi connectivity index (χ3n) is 8.40. The number of hydrogen-bond donors (Lipinski definition) is 2. The van der Waals surface area contributed by atoms with Gasteiger partial charge in [0.2, 0.25) is 0 Å². The zero-order valence-electron chi connectivity index (χ0n) is 19.6. The van der Waals surface area contributed by atoms with Gasteiger partial charge < -0.3 is 10.2 Å². The first kappa shape index (κ1) is 23.7. The Morgan fingerprint density at radius 2 is 2.03 bits per heavy atom. The molecule has 2 nitrogen and oxygen atoms in total. The van der Waals surface area contributed by atoms with Gasteiger partial charge in [-0.3, -0.25) is 0 Å². The van der Waals surface area contributed by atoms with Crippen molar-refractivity contribution in [2.24, 2.45) is 23.2 Å². The fraction of sp³-hybridized carbons (Fsp3) is 0.778. The van der Waals surface area contributed by atoms with Gasteiger partial charge in [0.15, 0.2) is 0 Å². The number of allylic oxidation sites excluding steroid dienone is 4. The molecule has 3 aliphatic rings. The van der Waals surface area contributed by atoms with Crippen LogP contribution in [0.25, 0.3) is 0 Å². The van der Waals surface area contributed by atoms with Gasteiger partial charge in [-0.15, -0.1) is 0 Å². The van der Waals surface area contributed by atoms with Gasteiger partial charge in [0, 0.05) is 6.42 Å². The zero-order valence-corrected chi connectivity index (χ0v) is 19.6. The number of halogens is 1. The molecule has 0 aromatic carbocycles. The number of aliphatic hydroxyl groups excluding tert-OH is 1. The Balaban J connectivity index is 1.70. The summed E-state index contributed by atoms with van der Waals surface area (Å²) in [4.78, 5) is 0. The molecule has 2 N–H and O–H groups in total. The van der Waals surface area contributed by atoms with Crippen LogP contribution in [0.1, 0.15) is 91.9 Å². The first-order chi connectivity index (χ1) is 14.0. The van der Waals surface area contributed by atoms with E-state index in [4.69, 9.17) is 0 Å². The summed E-state index contributed by atoms with van der Waals surface area (Å²) in [6, 6.07) is 0. The van der Waals surface area contributed by atoms with Crippen LogP contribution in [0.5, 0.6) is 0 Å². The maximum Gasteiger partial charge on any atom is 0.127 e. The Bertz CT molecular complexity index is 685. The monoisotopic (exact) mass is 418 g/mol. The van der Waals surface area contributed by atoms with Gasteiger partial charge in [-0.1, -0.05) is 51.0 Å². The van der Waals surface area contributed by atoms with Crippen LogP contribution in [0.4, 0.5) is 4.39 Å². The highest BCUT2D eigenvalue weighted by molar-refractivity contribution is 5.38. The van der Waals surface area contributed by atoms with E-state index in [0.717, 1.165) is 30.8 Å². The minimum Gasteiger partial charge on any atom is -0.393 e. The van der Waals surface area contributed by atoms with Crippen LogP contribution in [-0.4, -0.2) is 28.1 Å². The second-order valence-electron chi connectivity index (χ2n) is 11.3. The number of hydrogen-bond acceptors (Lipinski definition) is 2. The van der Waals surface area contributed by atoms with E-state index in [2.05, 4.69) is 32.6 Å². The summed E-state index contributed by atoms with van der Waals surface area (Å²) in [5.41, 5.74) is 2.75. The molecule has 6 atom stereocenters. The van der Waals surface area contributed by atoms with Crippen LogP contribution in [0.2, 0.25) is 0 Å². The van der Waals surface area contributed by atoms with Crippen molar-refractivity contribution in [3.63, 3.8) is 0 Å². The fourth-order valence-corrected chi connectivity index (χ4v) is 6.71. The van der Waals surface area contributed by atoms with Crippen molar-refractivity contribution in [3.05, 3.63) is 35.5 Å². The molecule has 3 rings (SSSR count). The summed E-state index contributed by atoms with van der Waals surface area (Å²) in [6.07, 6.45) is 12.6. The van der Waals surface area contributed by atoms with Crippen LogP contribution in [0.15, 0.2) is 35.5 Å². The average Bonchev–Trinajstić information content (AvgIpc) is 3.00. The van der Waals surface area contributed by atoms with E-state index in [-0.39, 0.29) is 6.42 Å². The predicted molar refractivity (Wildman–Crippen MR) is 123 cm³/mol. The van der Waals surface area contributed by atoms with Gasteiger partial charge in [-0.2, -0.15) is 0 Å². The Labute approximate surface area is 183 Å². The zero-order chi connectivity index (χ0) is 22.1. The van der Waals surface area contributed by atoms with E-state index in [1.165, 1.54) is 37.7 Å². The van der Waals surface area contributed by atoms with Gasteiger partial charge in [-0.25, -0.2) is 4.39 Å². The predicted octanol–water partition coefficient (Wildman–Crippen LogP) is 6.68. The molecule has 0 aromatic rings. The van der Waals surface area contributed by atoms with Crippen molar-refractivity contribution < 1.29 is 14.6 Å². The molecule has 3 heteroatoms. The van der Waals surface area contributed by atoms with Crippen molar-refractivity contribution in [3.8, 4) is 0 Å². The lowest BCUT2D eigenvalue weighted by molar-refractivity contribution is 0.0596. The Kier molecular flexibility index (Phi) is 7.34. The smallest absolute Gasteiger partial charge is 0.127 e. The van der Waals surface area contributed by atoms with Crippen molar-refractivity contribution in [2.75, 3.05) is 0 Å². The summed E-state index contributed by atoms with van der Waals surface area (Å²) in [6.45, 7) is 12.7. The molecule has 0 amide bonds. The van der Waals surface area contributed by atoms with E-state index in [9.17, 15) is 14.6 Å². The standard InChI is InChI=1S/C27H43FO2/c1-18(8-6-14-26(3,4)30)23-12-13-24-20(9-7-15-27(23,24)5)10-11-21-16-22(29)17-25(28)19(21)2/h10-11,18,22-25,29-30H,2,6-9,12-17H2,1,3-5H3/b20-10?,21-11-/t18-,22-,23-,24?,25?,27-/m1/s1. The largest absolute Gasteiger partial charge is 0.393 e. The minimum absolute atomic E-state index is 0.181. The molecule has 0 radical (unpaired) electrons. The number of aliphatic hydroxyl groups is 2. The van der Waals surface area contributed by atoms with E-state index in [0.29, 0.717) is 29.2 Å². The van der Waals surface area contributed by atoms with Crippen molar-refractivity contribution in [1.29, 1.82) is 0 Å². The summed E-state index contributed by atoms with van der Waals surface area (Å²) in [7, 11) is 0. The van der Waals surface area contributed by atoms with Crippen LogP contribution < -0.4 is 0 Å². The second-order valence-corrected chi connectivity index (χ2v) is 11.3. The molecular weight excluding hydrogens is 375 g/mol. The molecule has 0 spiro atoms.